The van der Waals surface area contributed by atoms with Crippen LogP contribution in [0.1, 0.15) is 51.0 Å². The standard InChI is InChI=1S/C21H29NO3S/c1-21(2,26(23,24)20-9-4-3-5-10-20)12-7-14-22-13-6-8-18(16-22)19-11-15-25-17-19/h3-5,9-11,15,17-18H,6-8,12-14,16H2,1-2H3. The Morgan fingerprint density at radius 2 is 1.96 bits per heavy atom. The van der Waals surface area contributed by atoms with Gasteiger partial charge in [-0.1, -0.05) is 18.2 Å². The number of benzene rings is 1. The molecule has 1 aromatic heterocycles. The van der Waals surface area contributed by atoms with Gasteiger partial charge in [0, 0.05) is 6.54 Å². The van der Waals surface area contributed by atoms with Crippen molar-refractivity contribution >= 4 is 9.84 Å². The lowest BCUT2D eigenvalue weighted by Gasteiger charge is -2.33. The smallest absolute Gasteiger partial charge is 0.183 e. The summed E-state index contributed by atoms with van der Waals surface area (Å²) in [4.78, 5) is 2.88. The Labute approximate surface area is 157 Å². The highest BCUT2D eigenvalue weighted by molar-refractivity contribution is 7.92. The predicted octanol–water partition coefficient (Wildman–Crippen LogP) is 4.49. The molecule has 0 saturated carbocycles. The lowest BCUT2D eigenvalue weighted by atomic mass is 9.92. The van der Waals surface area contributed by atoms with Gasteiger partial charge in [-0.15, -0.1) is 0 Å². The van der Waals surface area contributed by atoms with Gasteiger partial charge in [0.2, 0.25) is 0 Å². The molecule has 0 spiro atoms. The first kappa shape index (κ1) is 19.2. The largest absolute Gasteiger partial charge is 0.472 e. The fourth-order valence-corrected chi connectivity index (χ4v) is 5.39. The third kappa shape index (κ3) is 4.21. The van der Waals surface area contributed by atoms with E-state index < -0.39 is 14.6 Å². The van der Waals surface area contributed by atoms with Gasteiger partial charge in [0.15, 0.2) is 9.84 Å². The summed E-state index contributed by atoms with van der Waals surface area (Å²) in [5.41, 5.74) is 1.28. The van der Waals surface area contributed by atoms with Gasteiger partial charge in [0.05, 0.1) is 22.2 Å². The van der Waals surface area contributed by atoms with Crippen molar-refractivity contribution in [3.63, 3.8) is 0 Å². The van der Waals surface area contributed by atoms with Crippen molar-refractivity contribution in [1.29, 1.82) is 0 Å². The molecule has 0 aliphatic carbocycles. The maximum atomic E-state index is 12.9. The maximum absolute atomic E-state index is 12.9. The van der Waals surface area contributed by atoms with Crippen molar-refractivity contribution in [2.75, 3.05) is 19.6 Å². The van der Waals surface area contributed by atoms with Crippen LogP contribution in [0.3, 0.4) is 0 Å². The van der Waals surface area contributed by atoms with Crippen LogP contribution in [-0.4, -0.2) is 37.7 Å². The zero-order valence-electron chi connectivity index (χ0n) is 15.7. The average molecular weight is 376 g/mol. The van der Waals surface area contributed by atoms with Gasteiger partial charge in [-0.25, -0.2) is 8.42 Å². The van der Waals surface area contributed by atoms with Crippen LogP contribution in [0.15, 0.2) is 58.2 Å². The van der Waals surface area contributed by atoms with E-state index >= 15 is 0 Å². The number of rotatable bonds is 7. The molecule has 3 rings (SSSR count). The first-order valence-electron chi connectivity index (χ1n) is 9.44. The summed E-state index contributed by atoms with van der Waals surface area (Å²) in [5.74, 6) is 0.531. The van der Waals surface area contributed by atoms with Crippen LogP contribution in [-0.2, 0) is 9.84 Å². The van der Waals surface area contributed by atoms with Crippen LogP contribution in [0.4, 0.5) is 0 Å². The fraction of sp³-hybridized carbons (Fsp3) is 0.524. The molecular formula is C21H29NO3S. The summed E-state index contributed by atoms with van der Waals surface area (Å²) < 4.78 is 30.3. The topological polar surface area (TPSA) is 50.5 Å². The number of sulfone groups is 1. The van der Waals surface area contributed by atoms with Gasteiger partial charge >= 0.3 is 0 Å². The molecule has 2 aromatic rings. The van der Waals surface area contributed by atoms with E-state index in [0.29, 0.717) is 17.2 Å². The molecule has 0 radical (unpaired) electrons. The number of likely N-dealkylation sites (tertiary alicyclic amines) is 1. The van der Waals surface area contributed by atoms with E-state index in [4.69, 9.17) is 4.42 Å². The molecule has 26 heavy (non-hydrogen) atoms. The minimum absolute atomic E-state index is 0.419. The molecule has 0 bridgehead atoms. The van der Waals surface area contributed by atoms with E-state index in [0.717, 1.165) is 26.1 Å². The molecule has 1 fully saturated rings. The molecule has 0 amide bonds. The van der Waals surface area contributed by atoms with Crippen LogP contribution in [0.25, 0.3) is 0 Å². The molecule has 1 atom stereocenters. The van der Waals surface area contributed by atoms with Gasteiger partial charge in [-0.05, 0) is 82.3 Å². The third-order valence-corrected chi connectivity index (χ3v) is 8.11. The van der Waals surface area contributed by atoms with Crippen molar-refractivity contribution in [3.8, 4) is 0 Å². The molecule has 1 aromatic carbocycles. The van der Waals surface area contributed by atoms with E-state index in [2.05, 4.69) is 11.0 Å². The van der Waals surface area contributed by atoms with Gasteiger partial charge in [0.25, 0.3) is 0 Å². The SMILES string of the molecule is CC(C)(CCCN1CCCC(c2ccoc2)C1)S(=O)(=O)c1ccccc1. The monoisotopic (exact) mass is 375 g/mol. The van der Waals surface area contributed by atoms with Crippen molar-refractivity contribution in [2.24, 2.45) is 0 Å². The molecule has 0 N–H and O–H groups in total. The first-order chi connectivity index (χ1) is 12.4. The van der Waals surface area contributed by atoms with E-state index in [1.807, 2.05) is 26.2 Å². The highest BCUT2D eigenvalue weighted by atomic mass is 32.2. The summed E-state index contributed by atoms with van der Waals surface area (Å²) in [5, 5.41) is 0. The summed E-state index contributed by atoms with van der Waals surface area (Å²) in [6, 6.07) is 10.9. The Morgan fingerprint density at radius 1 is 1.19 bits per heavy atom. The van der Waals surface area contributed by atoms with Crippen molar-refractivity contribution in [1.82, 2.24) is 4.90 Å². The van der Waals surface area contributed by atoms with Crippen LogP contribution >= 0.6 is 0 Å². The second-order valence-electron chi connectivity index (χ2n) is 7.88. The van der Waals surface area contributed by atoms with E-state index in [1.165, 1.54) is 18.4 Å². The quantitative estimate of drug-likeness (QED) is 0.715. The lowest BCUT2D eigenvalue weighted by molar-refractivity contribution is 0.202. The Bertz CT molecular complexity index is 782. The number of piperidine rings is 1. The second-order valence-corrected chi connectivity index (χ2v) is 10.5. The molecule has 4 nitrogen and oxygen atoms in total. The van der Waals surface area contributed by atoms with Gasteiger partial charge in [-0.3, -0.25) is 0 Å². The Hall–Kier alpha value is -1.59. The Balaban J connectivity index is 1.55. The molecule has 5 heteroatoms. The summed E-state index contributed by atoms with van der Waals surface area (Å²) in [6.07, 6.45) is 7.52. The Kier molecular flexibility index (Phi) is 5.88. The second kappa shape index (κ2) is 7.97. The van der Waals surface area contributed by atoms with Crippen LogP contribution in [0.2, 0.25) is 0 Å². The predicted molar refractivity (Wildman–Crippen MR) is 104 cm³/mol. The number of furan rings is 1. The Morgan fingerprint density at radius 3 is 2.65 bits per heavy atom. The van der Waals surface area contributed by atoms with Crippen LogP contribution < -0.4 is 0 Å². The number of nitrogens with zero attached hydrogens (tertiary/aromatic N) is 1. The molecule has 1 aliphatic rings. The van der Waals surface area contributed by atoms with Gasteiger partial charge < -0.3 is 9.32 Å². The highest BCUT2D eigenvalue weighted by Crippen LogP contribution is 2.31. The van der Waals surface area contributed by atoms with Crippen LogP contribution in [0.5, 0.6) is 0 Å². The molecule has 142 valence electrons. The zero-order valence-corrected chi connectivity index (χ0v) is 16.5. The molecule has 1 aliphatic heterocycles. The van der Waals surface area contributed by atoms with E-state index in [1.54, 1.807) is 30.5 Å². The number of hydrogen-bond acceptors (Lipinski definition) is 4. The first-order valence-corrected chi connectivity index (χ1v) is 10.9. The third-order valence-electron chi connectivity index (χ3n) is 5.55. The summed E-state index contributed by atoms with van der Waals surface area (Å²) in [6.45, 7) is 6.77. The zero-order chi connectivity index (χ0) is 18.6. The normalized spacial score (nSPS) is 19.5. The molecule has 1 saturated heterocycles. The van der Waals surface area contributed by atoms with Crippen molar-refractivity contribution in [2.45, 2.75) is 55.1 Å². The summed E-state index contributed by atoms with van der Waals surface area (Å²) in [7, 11) is -3.32. The lowest BCUT2D eigenvalue weighted by Crippen LogP contribution is -2.37. The number of hydrogen-bond donors (Lipinski definition) is 0. The molecule has 1 unspecified atom stereocenters. The molecule has 2 heterocycles. The maximum Gasteiger partial charge on any atom is 0.183 e. The van der Waals surface area contributed by atoms with Crippen LogP contribution in [0, 0.1) is 0 Å². The van der Waals surface area contributed by atoms with E-state index in [9.17, 15) is 8.42 Å². The van der Waals surface area contributed by atoms with Crippen molar-refractivity contribution in [3.05, 3.63) is 54.5 Å². The average Bonchev–Trinajstić information content (AvgIpc) is 3.17. The summed E-state index contributed by atoms with van der Waals surface area (Å²) >= 11 is 0. The minimum atomic E-state index is -3.32. The fourth-order valence-electron chi connectivity index (χ4n) is 3.82. The van der Waals surface area contributed by atoms with Crippen molar-refractivity contribution < 1.29 is 12.8 Å². The van der Waals surface area contributed by atoms with Gasteiger partial charge in [-0.2, -0.15) is 0 Å². The van der Waals surface area contributed by atoms with Gasteiger partial charge in [0.1, 0.15) is 0 Å². The van der Waals surface area contributed by atoms with E-state index in [-0.39, 0.29) is 0 Å². The molecular weight excluding hydrogens is 346 g/mol. The minimum Gasteiger partial charge on any atom is -0.472 e. The highest BCUT2D eigenvalue weighted by Gasteiger charge is 2.35.